The van der Waals surface area contributed by atoms with Crippen LogP contribution >= 0.6 is 0 Å². The number of hydrogen-bond donors (Lipinski definition) is 2. The lowest BCUT2D eigenvalue weighted by Gasteiger charge is -2.23. The van der Waals surface area contributed by atoms with E-state index in [0.717, 1.165) is 19.5 Å². The topological polar surface area (TPSA) is 92.7 Å². The number of primary amides is 1. The van der Waals surface area contributed by atoms with E-state index >= 15 is 0 Å². The third kappa shape index (κ3) is 4.32. The highest BCUT2D eigenvalue weighted by atomic mass is 16.2. The Labute approximate surface area is 102 Å². The molecule has 0 aromatic heterocycles. The SMILES string of the molecule is CC(CN)C(=O)N1CCCN(CC(N)=O)CC1. The molecule has 17 heavy (non-hydrogen) atoms. The van der Waals surface area contributed by atoms with Crippen LogP contribution in [0.3, 0.4) is 0 Å². The number of hydrogen-bond acceptors (Lipinski definition) is 4. The molecule has 6 nitrogen and oxygen atoms in total. The first-order valence-electron chi connectivity index (χ1n) is 6.04. The zero-order valence-electron chi connectivity index (χ0n) is 10.4. The molecule has 0 bridgehead atoms. The van der Waals surface area contributed by atoms with E-state index in [2.05, 4.69) is 0 Å². The van der Waals surface area contributed by atoms with Gasteiger partial charge in [0.1, 0.15) is 0 Å². The van der Waals surface area contributed by atoms with Gasteiger partial charge in [-0.3, -0.25) is 14.5 Å². The third-order valence-corrected chi connectivity index (χ3v) is 3.05. The van der Waals surface area contributed by atoms with Crippen molar-refractivity contribution in [3.05, 3.63) is 0 Å². The van der Waals surface area contributed by atoms with Crippen LogP contribution in [0.2, 0.25) is 0 Å². The van der Waals surface area contributed by atoms with Crippen molar-refractivity contribution < 1.29 is 9.59 Å². The lowest BCUT2D eigenvalue weighted by molar-refractivity contribution is -0.134. The van der Waals surface area contributed by atoms with Gasteiger partial charge in [-0.25, -0.2) is 0 Å². The summed E-state index contributed by atoms with van der Waals surface area (Å²) in [5, 5.41) is 0. The Bertz CT molecular complexity index is 283. The van der Waals surface area contributed by atoms with E-state index in [9.17, 15) is 9.59 Å². The molecule has 98 valence electrons. The van der Waals surface area contributed by atoms with E-state index in [0.29, 0.717) is 19.6 Å². The number of nitrogens with zero attached hydrogens (tertiary/aromatic N) is 2. The first kappa shape index (κ1) is 13.9. The van der Waals surface area contributed by atoms with E-state index in [1.54, 1.807) is 0 Å². The molecular weight excluding hydrogens is 220 g/mol. The zero-order chi connectivity index (χ0) is 12.8. The molecule has 2 amide bonds. The maximum atomic E-state index is 11.9. The average Bonchev–Trinajstić information content (AvgIpc) is 2.52. The highest BCUT2D eigenvalue weighted by Crippen LogP contribution is 2.07. The fourth-order valence-corrected chi connectivity index (χ4v) is 1.98. The van der Waals surface area contributed by atoms with Gasteiger partial charge in [-0.1, -0.05) is 6.92 Å². The minimum Gasteiger partial charge on any atom is -0.369 e. The maximum absolute atomic E-state index is 11.9. The van der Waals surface area contributed by atoms with Crippen molar-refractivity contribution in [2.45, 2.75) is 13.3 Å². The predicted octanol–water partition coefficient (Wildman–Crippen LogP) is -1.40. The average molecular weight is 242 g/mol. The number of carbonyl (C=O) groups excluding carboxylic acids is 2. The van der Waals surface area contributed by atoms with Gasteiger partial charge in [0.25, 0.3) is 0 Å². The number of rotatable bonds is 4. The van der Waals surface area contributed by atoms with Crippen LogP contribution in [0.1, 0.15) is 13.3 Å². The van der Waals surface area contributed by atoms with Crippen molar-refractivity contribution in [1.82, 2.24) is 9.80 Å². The van der Waals surface area contributed by atoms with Gasteiger partial charge in [0, 0.05) is 38.6 Å². The van der Waals surface area contributed by atoms with Crippen LogP contribution in [0.15, 0.2) is 0 Å². The second-order valence-electron chi connectivity index (χ2n) is 4.56. The molecule has 4 N–H and O–H groups in total. The second kappa shape index (κ2) is 6.56. The van der Waals surface area contributed by atoms with Gasteiger partial charge >= 0.3 is 0 Å². The van der Waals surface area contributed by atoms with Crippen LogP contribution in [0, 0.1) is 5.92 Å². The molecule has 0 spiro atoms. The molecule has 1 unspecified atom stereocenters. The van der Waals surface area contributed by atoms with Gasteiger partial charge in [-0.15, -0.1) is 0 Å². The molecule has 0 radical (unpaired) electrons. The minimum atomic E-state index is -0.319. The highest BCUT2D eigenvalue weighted by Gasteiger charge is 2.22. The smallest absolute Gasteiger partial charge is 0.231 e. The lowest BCUT2D eigenvalue weighted by Crippen LogP contribution is -2.41. The summed E-state index contributed by atoms with van der Waals surface area (Å²) in [6.07, 6.45) is 0.871. The molecule has 0 aromatic carbocycles. The Kier molecular flexibility index (Phi) is 5.37. The maximum Gasteiger partial charge on any atom is 0.231 e. The highest BCUT2D eigenvalue weighted by molar-refractivity contribution is 5.78. The Hall–Kier alpha value is -1.14. The number of nitrogens with two attached hydrogens (primary N) is 2. The largest absolute Gasteiger partial charge is 0.369 e. The summed E-state index contributed by atoms with van der Waals surface area (Å²) in [6, 6.07) is 0. The predicted molar refractivity (Wildman–Crippen MR) is 65.0 cm³/mol. The Morgan fingerprint density at radius 2 is 1.94 bits per heavy atom. The van der Waals surface area contributed by atoms with Crippen LogP contribution in [-0.2, 0) is 9.59 Å². The van der Waals surface area contributed by atoms with Gasteiger partial charge in [0.2, 0.25) is 11.8 Å². The van der Waals surface area contributed by atoms with Gasteiger partial charge in [-0.2, -0.15) is 0 Å². The van der Waals surface area contributed by atoms with Crippen LogP contribution in [0.4, 0.5) is 0 Å². The zero-order valence-corrected chi connectivity index (χ0v) is 10.4. The van der Waals surface area contributed by atoms with Crippen LogP contribution < -0.4 is 11.5 Å². The van der Waals surface area contributed by atoms with Crippen molar-refractivity contribution in [3.63, 3.8) is 0 Å². The number of carbonyl (C=O) groups is 2. The van der Waals surface area contributed by atoms with E-state index in [-0.39, 0.29) is 24.3 Å². The molecule has 0 saturated carbocycles. The molecule has 1 atom stereocenters. The molecule has 1 fully saturated rings. The summed E-state index contributed by atoms with van der Waals surface area (Å²) in [5.74, 6) is -0.341. The molecule has 0 aromatic rings. The molecule has 1 rings (SSSR count). The summed E-state index contributed by atoms with van der Waals surface area (Å²) >= 11 is 0. The third-order valence-electron chi connectivity index (χ3n) is 3.05. The van der Waals surface area contributed by atoms with Crippen molar-refractivity contribution in [2.75, 3.05) is 39.3 Å². The Morgan fingerprint density at radius 1 is 1.24 bits per heavy atom. The van der Waals surface area contributed by atoms with Gasteiger partial charge in [0.05, 0.1) is 6.54 Å². The summed E-state index contributed by atoms with van der Waals surface area (Å²) in [7, 11) is 0. The van der Waals surface area contributed by atoms with Gasteiger partial charge in [0.15, 0.2) is 0 Å². The Balaban J connectivity index is 2.47. The molecule has 1 saturated heterocycles. The first-order valence-corrected chi connectivity index (χ1v) is 6.04. The van der Waals surface area contributed by atoms with Crippen LogP contribution in [0.5, 0.6) is 0 Å². The molecule has 1 aliphatic heterocycles. The van der Waals surface area contributed by atoms with Crippen molar-refractivity contribution >= 4 is 11.8 Å². The molecule has 0 aliphatic carbocycles. The van der Waals surface area contributed by atoms with E-state index in [1.807, 2.05) is 16.7 Å². The van der Waals surface area contributed by atoms with E-state index in [4.69, 9.17) is 11.5 Å². The number of amides is 2. The summed E-state index contributed by atoms with van der Waals surface area (Å²) < 4.78 is 0. The fourth-order valence-electron chi connectivity index (χ4n) is 1.98. The van der Waals surface area contributed by atoms with Crippen molar-refractivity contribution in [3.8, 4) is 0 Å². The fraction of sp³-hybridized carbons (Fsp3) is 0.818. The molecule has 1 heterocycles. The lowest BCUT2D eigenvalue weighted by atomic mass is 10.1. The molecule has 6 heteroatoms. The van der Waals surface area contributed by atoms with Crippen LogP contribution in [0.25, 0.3) is 0 Å². The van der Waals surface area contributed by atoms with Gasteiger partial charge < -0.3 is 16.4 Å². The summed E-state index contributed by atoms with van der Waals surface area (Å²) in [4.78, 5) is 26.6. The normalized spacial score (nSPS) is 19.8. The standard InChI is InChI=1S/C11H22N4O2/c1-9(7-12)11(17)15-4-2-3-14(5-6-15)8-10(13)16/h9H,2-8,12H2,1H3,(H2,13,16). The second-order valence-corrected chi connectivity index (χ2v) is 4.56. The Morgan fingerprint density at radius 3 is 2.53 bits per heavy atom. The quantitative estimate of drug-likeness (QED) is 0.634. The van der Waals surface area contributed by atoms with Crippen molar-refractivity contribution in [1.29, 1.82) is 0 Å². The summed E-state index contributed by atoms with van der Waals surface area (Å²) in [5.41, 5.74) is 10.7. The van der Waals surface area contributed by atoms with Gasteiger partial charge in [-0.05, 0) is 6.42 Å². The van der Waals surface area contributed by atoms with Crippen molar-refractivity contribution in [2.24, 2.45) is 17.4 Å². The minimum absolute atomic E-state index is 0.105. The molecule has 1 aliphatic rings. The van der Waals surface area contributed by atoms with E-state index < -0.39 is 0 Å². The summed E-state index contributed by atoms with van der Waals surface area (Å²) in [6.45, 7) is 5.38. The van der Waals surface area contributed by atoms with Crippen LogP contribution in [-0.4, -0.2) is 60.9 Å². The monoisotopic (exact) mass is 242 g/mol. The van der Waals surface area contributed by atoms with E-state index in [1.165, 1.54) is 0 Å². The molecular formula is C11H22N4O2. The first-order chi connectivity index (χ1) is 8.04.